The number of allylic oxidation sites excluding steroid dienone is 2. The smallest absolute Gasteiger partial charge is 0.209 e. The molecule has 82 valence electrons. The lowest BCUT2D eigenvalue weighted by Crippen LogP contribution is -2.27. The molecule has 0 unspecified atom stereocenters. The zero-order valence-electron chi connectivity index (χ0n) is 9.12. The van der Waals surface area contributed by atoms with E-state index in [0.717, 1.165) is 6.42 Å². The zero-order chi connectivity index (χ0) is 11.5. The van der Waals surface area contributed by atoms with Gasteiger partial charge in [0.2, 0.25) is 5.78 Å². The van der Waals surface area contributed by atoms with Crippen LogP contribution in [-0.2, 0) is 0 Å². The molecule has 0 heterocycles. The van der Waals surface area contributed by atoms with Gasteiger partial charge in [-0.05, 0) is 6.42 Å². The number of carbonyl (C=O) groups is 2. The predicted octanol–water partition coefficient (Wildman–Crippen LogP) is 1.95. The van der Waals surface area contributed by atoms with E-state index in [0.29, 0.717) is 23.4 Å². The molecule has 0 atom stereocenters. The van der Waals surface area contributed by atoms with Crippen LogP contribution in [0.4, 0.5) is 0 Å². The molecular weight excluding hydrogens is 202 g/mol. The van der Waals surface area contributed by atoms with Crippen LogP contribution in [-0.4, -0.2) is 18.1 Å². The van der Waals surface area contributed by atoms with Gasteiger partial charge in [-0.25, -0.2) is 0 Å². The summed E-state index contributed by atoms with van der Waals surface area (Å²) in [6.45, 7) is 2.71. The van der Waals surface area contributed by atoms with E-state index in [-0.39, 0.29) is 11.6 Å². The van der Waals surface area contributed by atoms with Crippen LogP contribution in [0, 0.1) is 0 Å². The van der Waals surface area contributed by atoms with Crippen molar-refractivity contribution in [1.82, 2.24) is 5.32 Å². The fraction of sp³-hybridized carbons (Fsp3) is 0.231. The van der Waals surface area contributed by atoms with Crippen molar-refractivity contribution in [3.63, 3.8) is 0 Å². The van der Waals surface area contributed by atoms with Crippen LogP contribution in [0.1, 0.15) is 34.1 Å². The van der Waals surface area contributed by atoms with E-state index in [1.54, 1.807) is 24.3 Å². The van der Waals surface area contributed by atoms with Crippen LogP contribution < -0.4 is 5.32 Å². The average Bonchev–Trinajstić information content (AvgIpc) is 2.32. The van der Waals surface area contributed by atoms with Gasteiger partial charge in [-0.2, -0.15) is 0 Å². The van der Waals surface area contributed by atoms with Gasteiger partial charge < -0.3 is 5.32 Å². The number of ketones is 2. The summed E-state index contributed by atoms with van der Waals surface area (Å²) in [5, 5.41) is 2.98. The maximum atomic E-state index is 12.0. The van der Waals surface area contributed by atoms with Crippen molar-refractivity contribution in [1.29, 1.82) is 0 Å². The SMILES string of the molecule is CCCNC1=CC(=O)c2ccccc2C1=O. The Morgan fingerprint density at radius 2 is 1.81 bits per heavy atom. The van der Waals surface area contributed by atoms with Gasteiger partial charge >= 0.3 is 0 Å². The van der Waals surface area contributed by atoms with E-state index < -0.39 is 0 Å². The molecule has 1 aliphatic carbocycles. The van der Waals surface area contributed by atoms with E-state index in [2.05, 4.69) is 5.32 Å². The maximum absolute atomic E-state index is 12.0. The minimum Gasteiger partial charge on any atom is -0.382 e. The Morgan fingerprint density at radius 3 is 2.50 bits per heavy atom. The highest BCUT2D eigenvalue weighted by atomic mass is 16.1. The second kappa shape index (κ2) is 4.31. The quantitative estimate of drug-likeness (QED) is 0.838. The first-order valence-electron chi connectivity index (χ1n) is 5.37. The highest BCUT2D eigenvalue weighted by molar-refractivity contribution is 6.24. The molecule has 0 bridgehead atoms. The second-order valence-electron chi connectivity index (χ2n) is 3.72. The van der Waals surface area contributed by atoms with Crippen LogP contribution in [0.3, 0.4) is 0 Å². The first-order chi connectivity index (χ1) is 7.74. The van der Waals surface area contributed by atoms with Gasteiger partial charge in [-0.3, -0.25) is 9.59 Å². The zero-order valence-corrected chi connectivity index (χ0v) is 9.12. The van der Waals surface area contributed by atoms with E-state index in [1.807, 2.05) is 6.92 Å². The predicted molar refractivity (Wildman–Crippen MR) is 61.5 cm³/mol. The lowest BCUT2D eigenvalue weighted by atomic mass is 9.93. The molecule has 0 aromatic heterocycles. The molecule has 0 radical (unpaired) electrons. The van der Waals surface area contributed by atoms with E-state index in [4.69, 9.17) is 0 Å². The number of nitrogens with one attached hydrogen (secondary N) is 1. The molecule has 1 aromatic rings. The lowest BCUT2D eigenvalue weighted by molar-refractivity contribution is 0.0978. The van der Waals surface area contributed by atoms with Crippen molar-refractivity contribution in [3.05, 3.63) is 47.2 Å². The molecule has 0 fully saturated rings. The number of hydrogen-bond donors (Lipinski definition) is 1. The molecular formula is C13H13NO2. The topological polar surface area (TPSA) is 46.2 Å². The van der Waals surface area contributed by atoms with Gasteiger partial charge in [-0.15, -0.1) is 0 Å². The Kier molecular flexibility index (Phi) is 2.86. The number of carbonyl (C=O) groups excluding carboxylic acids is 2. The monoisotopic (exact) mass is 215 g/mol. The van der Waals surface area contributed by atoms with Crippen LogP contribution >= 0.6 is 0 Å². The molecule has 0 saturated carbocycles. The summed E-state index contributed by atoms with van der Waals surface area (Å²) in [6.07, 6.45) is 2.31. The number of fused-ring (bicyclic) bond motifs is 1. The maximum Gasteiger partial charge on any atom is 0.209 e. The molecule has 2 rings (SSSR count). The Labute approximate surface area is 94.2 Å². The fourth-order valence-electron chi connectivity index (χ4n) is 1.71. The molecule has 1 N–H and O–H groups in total. The van der Waals surface area contributed by atoms with Crippen molar-refractivity contribution < 1.29 is 9.59 Å². The Bertz CT molecular complexity index is 475. The molecule has 16 heavy (non-hydrogen) atoms. The summed E-state index contributed by atoms with van der Waals surface area (Å²) in [5.74, 6) is -0.197. The van der Waals surface area contributed by atoms with Gasteiger partial charge in [0, 0.05) is 23.7 Å². The Balaban J connectivity index is 2.36. The molecule has 1 aliphatic rings. The summed E-state index contributed by atoms with van der Waals surface area (Å²) in [6, 6.07) is 6.91. The minimum atomic E-state index is -0.103. The third-order valence-electron chi connectivity index (χ3n) is 2.52. The normalized spacial score (nSPS) is 14.4. The van der Waals surface area contributed by atoms with Crippen molar-refractivity contribution in [2.75, 3.05) is 6.54 Å². The highest BCUT2D eigenvalue weighted by Gasteiger charge is 2.24. The van der Waals surface area contributed by atoms with E-state index >= 15 is 0 Å². The van der Waals surface area contributed by atoms with Gasteiger partial charge in [0.1, 0.15) is 0 Å². The number of rotatable bonds is 3. The van der Waals surface area contributed by atoms with Crippen LogP contribution in [0.5, 0.6) is 0 Å². The molecule has 0 aliphatic heterocycles. The minimum absolute atomic E-state index is 0.0938. The van der Waals surface area contributed by atoms with Crippen molar-refractivity contribution in [3.8, 4) is 0 Å². The highest BCUT2D eigenvalue weighted by Crippen LogP contribution is 2.19. The molecule has 0 amide bonds. The first-order valence-corrected chi connectivity index (χ1v) is 5.37. The number of hydrogen-bond acceptors (Lipinski definition) is 3. The van der Waals surface area contributed by atoms with E-state index in [1.165, 1.54) is 6.08 Å². The third kappa shape index (κ3) is 1.76. The summed E-state index contributed by atoms with van der Waals surface area (Å²) in [4.78, 5) is 23.7. The van der Waals surface area contributed by atoms with Crippen LogP contribution in [0.2, 0.25) is 0 Å². The third-order valence-corrected chi connectivity index (χ3v) is 2.52. The van der Waals surface area contributed by atoms with Gasteiger partial charge in [0.05, 0.1) is 5.70 Å². The summed E-state index contributed by atoms with van der Waals surface area (Å²) >= 11 is 0. The lowest BCUT2D eigenvalue weighted by Gasteiger charge is -2.15. The van der Waals surface area contributed by atoms with Gasteiger partial charge in [0.25, 0.3) is 0 Å². The van der Waals surface area contributed by atoms with Crippen molar-refractivity contribution in [2.45, 2.75) is 13.3 Å². The molecule has 0 saturated heterocycles. The Morgan fingerprint density at radius 1 is 1.12 bits per heavy atom. The summed E-state index contributed by atoms with van der Waals surface area (Å²) in [7, 11) is 0. The van der Waals surface area contributed by atoms with Crippen LogP contribution in [0.25, 0.3) is 0 Å². The van der Waals surface area contributed by atoms with Crippen LogP contribution in [0.15, 0.2) is 36.0 Å². The molecule has 1 aromatic carbocycles. The molecule has 0 spiro atoms. The number of benzene rings is 1. The summed E-state index contributed by atoms with van der Waals surface area (Å²) in [5.41, 5.74) is 1.40. The first kappa shape index (κ1) is 10.6. The Hall–Kier alpha value is -1.90. The fourth-order valence-corrected chi connectivity index (χ4v) is 1.71. The number of Topliss-reactive ketones (excluding diaryl/α,β-unsaturated/α-hetero) is 1. The van der Waals surface area contributed by atoms with Crippen molar-refractivity contribution >= 4 is 11.6 Å². The van der Waals surface area contributed by atoms with Crippen molar-refractivity contribution in [2.24, 2.45) is 0 Å². The standard InChI is InChI=1S/C13H13NO2/c1-2-7-14-11-8-12(15)9-5-3-4-6-10(9)13(11)16/h3-6,8,14H,2,7H2,1H3. The van der Waals surface area contributed by atoms with Gasteiger partial charge in [-0.1, -0.05) is 31.2 Å². The average molecular weight is 215 g/mol. The molecule has 3 nitrogen and oxygen atoms in total. The van der Waals surface area contributed by atoms with E-state index in [9.17, 15) is 9.59 Å². The molecule has 3 heteroatoms. The largest absolute Gasteiger partial charge is 0.382 e. The summed E-state index contributed by atoms with van der Waals surface area (Å²) < 4.78 is 0. The second-order valence-corrected chi connectivity index (χ2v) is 3.72. The van der Waals surface area contributed by atoms with Gasteiger partial charge in [0.15, 0.2) is 5.78 Å².